The number of fused-ring (bicyclic) bond motifs is 17. The molecule has 0 N–H and O–H groups in total. The van der Waals surface area contributed by atoms with Crippen LogP contribution in [0.25, 0.3) is 123 Å². The van der Waals surface area contributed by atoms with Gasteiger partial charge in [-0.2, -0.15) is 0 Å². The summed E-state index contributed by atoms with van der Waals surface area (Å²) in [5, 5.41) is 4.85. The van der Waals surface area contributed by atoms with Crippen LogP contribution in [-0.2, 0) is 5.41 Å². The minimum Gasteiger partial charge on any atom is -0.309 e. The Bertz CT molecular complexity index is 4560. The van der Waals surface area contributed by atoms with Crippen molar-refractivity contribution in [1.29, 1.82) is 0 Å². The van der Waals surface area contributed by atoms with E-state index in [1.165, 1.54) is 71.6 Å². The molecule has 0 fully saturated rings. The Hall–Kier alpha value is -9.97. The first-order valence-corrected chi connectivity index (χ1v) is 25.7. The zero-order valence-electron chi connectivity index (χ0n) is 40.6. The van der Waals surface area contributed by atoms with Crippen LogP contribution in [0, 0.1) is 0 Å². The molecule has 2 aliphatic carbocycles. The van der Waals surface area contributed by atoms with E-state index in [4.69, 9.17) is 15.0 Å². The van der Waals surface area contributed by atoms with E-state index in [1.807, 2.05) is 6.07 Å². The molecule has 11 aromatic carbocycles. The first kappa shape index (κ1) is 41.6. The topological polar surface area (TPSA) is 48.5 Å². The van der Waals surface area contributed by atoms with Crippen LogP contribution in [0.5, 0.6) is 0 Å². The largest absolute Gasteiger partial charge is 0.309 e. The highest BCUT2D eigenvalue weighted by atomic mass is 15.0. The van der Waals surface area contributed by atoms with Crippen molar-refractivity contribution in [3.05, 3.63) is 283 Å². The van der Waals surface area contributed by atoms with Crippen molar-refractivity contribution in [3.8, 4) is 78.9 Å². The molecule has 75 heavy (non-hydrogen) atoms. The van der Waals surface area contributed by atoms with Crippen molar-refractivity contribution < 1.29 is 0 Å². The minimum atomic E-state index is -0.466. The summed E-state index contributed by atoms with van der Waals surface area (Å²) in [4.78, 5) is 16.0. The number of rotatable bonds is 6. The lowest BCUT2D eigenvalue weighted by atomic mass is 9.70. The third-order valence-corrected chi connectivity index (χ3v) is 16.0. The minimum absolute atomic E-state index is 0.466. The smallest absolute Gasteiger partial charge is 0.164 e. The van der Waals surface area contributed by atoms with Crippen LogP contribution in [0.1, 0.15) is 22.3 Å². The number of nitrogens with zero attached hydrogens (tertiary/aromatic N) is 5. The van der Waals surface area contributed by atoms with Gasteiger partial charge in [-0.3, -0.25) is 0 Å². The summed E-state index contributed by atoms with van der Waals surface area (Å²) in [5.41, 5.74) is 21.6. The molecule has 2 aliphatic rings. The average molecular weight is 954 g/mol. The van der Waals surface area contributed by atoms with E-state index >= 15 is 0 Å². The van der Waals surface area contributed by atoms with E-state index in [0.29, 0.717) is 17.5 Å². The SMILES string of the molecule is c1ccc(-c2ccc(-c3nc(-c4cccc(-n5c6ccccc6c6ccccc65)c4)nc(-c4cccc(-n5c6ccccc6c6ccc7c(c65)-c5ccccc5C75c6ccccc6-c6ccccc65)c4)n3)cc2)cc1. The van der Waals surface area contributed by atoms with Gasteiger partial charge in [0.05, 0.1) is 27.5 Å². The predicted molar refractivity (Wildman–Crippen MR) is 307 cm³/mol. The molecule has 0 radical (unpaired) electrons. The predicted octanol–water partition coefficient (Wildman–Crippen LogP) is 17.1. The van der Waals surface area contributed by atoms with Gasteiger partial charge in [0.2, 0.25) is 0 Å². The second-order valence-electron chi connectivity index (χ2n) is 19.8. The molecule has 0 unspecified atom stereocenters. The molecule has 0 aliphatic heterocycles. The van der Waals surface area contributed by atoms with E-state index in [0.717, 1.165) is 55.7 Å². The van der Waals surface area contributed by atoms with Gasteiger partial charge in [0.25, 0.3) is 0 Å². The van der Waals surface area contributed by atoms with Crippen LogP contribution in [-0.4, -0.2) is 24.1 Å². The van der Waals surface area contributed by atoms with Gasteiger partial charge in [0.15, 0.2) is 17.5 Å². The number of hydrogen-bond acceptors (Lipinski definition) is 3. The number of para-hydroxylation sites is 3. The summed E-state index contributed by atoms with van der Waals surface area (Å²) >= 11 is 0. The molecule has 1 spiro atoms. The van der Waals surface area contributed by atoms with Gasteiger partial charge in [-0.1, -0.05) is 218 Å². The van der Waals surface area contributed by atoms with Gasteiger partial charge in [-0.15, -0.1) is 0 Å². The Morgan fingerprint density at radius 3 is 1.27 bits per heavy atom. The molecule has 3 aromatic heterocycles. The average Bonchev–Trinajstić information content (AvgIpc) is 4.20. The van der Waals surface area contributed by atoms with Crippen LogP contribution >= 0.6 is 0 Å². The molecule has 5 nitrogen and oxygen atoms in total. The molecular weight excluding hydrogens is 911 g/mol. The van der Waals surface area contributed by atoms with Gasteiger partial charge < -0.3 is 9.13 Å². The summed E-state index contributed by atoms with van der Waals surface area (Å²) in [5.74, 6) is 1.81. The third kappa shape index (κ3) is 5.98. The second kappa shape index (κ2) is 16.0. The Labute approximate surface area is 433 Å². The van der Waals surface area contributed by atoms with Gasteiger partial charge in [0.1, 0.15) is 0 Å². The highest BCUT2D eigenvalue weighted by molar-refractivity contribution is 6.17. The highest BCUT2D eigenvalue weighted by Gasteiger charge is 2.52. The molecule has 0 bridgehead atoms. The van der Waals surface area contributed by atoms with Crippen LogP contribution in [0.15, 0.2) is 261 Å². The first-order valence-electron chi connectivity index (χ1n) is 25.7. The summed E-state index contributed by atoms with van der Waals surface area (Å²) in [7, 11) is 0. The fourth-order valence-corrected chi connectivity index (χ4v) is 12.9. The van der Waals surface area contributed by atoms with Crippen molar-refractivity contribution in [2.75, 3.05) is 0 Å². The molecule has 348 valence electrons. The summed E-state index contributed by atoms with van der Waals surface area (Å²) in [6.45, 7) is 0. The standard InChI is InChI=1S/C70H43N5/c1-2-18-44(19-3-1)45-36-38-46(39-37-45)67-71-68(47-20-16-22-49(42-47)74-62-33-13-7-26-53(62)54-27-8-14-34-63(54)74)73-69(72-67)48-21-17-23-50(43-48)75-64-35-15-9-28-55(64)56-40-41-61-65(66(56)75)57-29-6-12-32-60(57)70(61)58-30-10-4-24-51(58)52-25-5-11-31-59(52)70/h1-43H. The number of aromatic nitrogens is 5. The molecule has 0 atom stereocenters. The van der Waals surface area contributed by atoms with Crippen LogP contribution in [0.4, 0.5) is 0 Å². The first-order chi connectivity index (χ1) is 37.2. The Morgan fingerprint density at radius 2 is 0.680 bits per heavy atom. The maximum atomic E-state index is 5.40. The Morgan fingerprint density at radius 1 is 0.267 bits per heavy atom. The molecule has 16 rings (SSSR count). The van der Waals surface area contributed by atoms with Crippen molar-refractivity contribution >= 4 is 43.6 Å². The van der Waals surface area contributed by atoms with Crippen LogP contribution < -0.4 is 0 Å². The quantitative estimate of drug-likeness (QED) is 0.167. The van der Waals surface area contributed by atoms with Crippen molar-refractivity contribution in [1.82, 2.24) is 24.1 Å². The Balaban J connectivity index is 0.905. The lowest BCUT2D eigenvalue weighted by Gasteiger charge is -2.30. The molecule has 0 saturated carbocycles. The van der Waals surface area contributed by atoms with Gasteiger partial charge in [0, 0.05) is 55.2 Å². The molecule has 0 amide bonds. The maximum absolute atomic E-state index is 5.40. The van der Waals surface area contributed by atoms with Gasteiger partial charge >= 0.3 is 0 Å². The zero-order chi connectivity index (χ0) is 49.2. The molecule has 14 aromatic rings. The zero-order valence-corrected chi connectivity index (χ0v) is 40.6. The van der Waals surface area contributed by atoms with Crippen LogP contribution in [0.2, 0.25) is 0 Å². The summed E-state index contributed by atoms with van der Waals surface area (Å²) in [6.07, 6.45) is 0. The summed E-state index contributed by atoms with van der Waals surface area (Å²) < 4.78 is 4.83. The van der Waals surface area contributed by atoms with Crippen molar-refractivity contribution in [2.24, 2.45) is 0 Å². The van der Waals surface area contributed by atoms with Crippen molar-refractivity contribution in [2.45, 2.75) is 5.41 Å². The second-order valence-corrected chi connectivity index (χ2v) is 19.8. The Kier molecular flexibility index (Phi) is 8.89. The molecule has 0 saturated heterocycles. The lowest BCUT2D eigenvalue weighted by molar-refractivity contribution is 0.794. The van der Waals surface area contributed by atoms with Crippen molar-refractivity contribution in [3.63, 3.8) is 0 Å². The van der Waals surface area contributed by atoms with Crippen LogP contribution in [0.3, 0.4) is 0 Å². The van der Waals surface area contributed by atoms with Gasteiger partial charge in [-0.25, -0.2) is 15.0 Å². The fraction of sp³-hybridized carbons (Fsp3) is 0.0143. The molecular formula is C70H43N5. The molecule has 3 heterocycles. The van der Waals surface area contributed by atoms with E-state index < -0.39 is 5.41 Å². The van der Waals surface area contributed by atoms with Gasteiger partial charge in [-0.05, 0) is 92.5 Å². The molecule has 5 heteroatoms. The third-order valence-electron chi connectivity index (χ3n) is 16.0. The maximum Gasteiger partial charge on any atom is 0.164 e. The highest BCUT2D eigenvalue weighted by Crippen LogP contribution is 2.64. The number of benzene rings is 11. The van der Waals surface area contributed by atoms with E-state index in [9.17, 15) is 0 Å². The van der Waals surface area contributed by atoms with E-state index in [2.05, 4.69) is 264 Å². The van der Waals surface area contributed by atoms with E-state index in [-0.39, 0.29) is 0 Å². The fourth-order valence-electron chi connectivity index (χ4n) is 12.9. The normalized spacial score (nSPS) is 12.9. The lowest BCUT2D eigenvalue weighted by Crippen LogP contribution is -2.25. The number of hydrogen-bond donors (Lipinski definition) is 0. The summed E-state index contributed by atoms with van der Waals surface area (Å²) in [6, 6.07) is 94.4. The monoisotopic (exact) mass is 953 g/mol. The van der Waals surface area contributed by atoms with E-state index in [1.54, 1.807) is 0 Å².